The van der Waals surface area contributed by atoms with Crippen LogP contribution in [0.25, 0.3) is 0 Å². The molecule has 23 heavy (non-hydrogen) atoms. The molecule has 0 amide bonds. The summed E-state index contributed by atoms with van der Waals surface area (Å²) < 4.78 is 16.0. The van der Waals surface area contributed by atoms with Crippen LogP contribution in [0.2, 0.25) is 0 Å². The van der Waals surface area contributed by atoms with Gasteiger partial charge in [0, 0.05) is 13.2 Å². The molecule has 2 heterocycles. The topological polar surface area (TPSA) is 77.0 Å². The van der Waals surface area contributed by atoms with Crippen molar-refractivity contribution in [1.82, 2.24) is 5.32 Å². The van der Waals surface area contributed by atoms with E-state index >= 15 is 0 Å². The molecule has 6 nitrogen and oxygen atoms in total. The second-order valence-corrected chi connectivity index (χ2v) is 6.10. The van der Waals surface area contributed by atoms with E-state index in [1.54, 1.807) is 7.11 Å². The minimum atomic E-state index is -0.676. The van der Waals surface area contributed by atoms with Crippen LogP contribution in [0.15, 0.2) is 24.3 Å². The number of aliphatic hydroxyl groups excluding tert-OH is 1. The quantitative estimate of drug-likeness (QED) is 0.770. The average molecular weight is 321 g/mol. The summed E-state index contributed by atoms with van der Waals surface area (Å²) >= 11 is 0. The third-order valence-corrected chi connectivity index (χ3v) is 4.49. The number of aliphatic hydroxyl groups is 1. The summed E-state index contributed by atoms with van der Waals surface area (Å²) in [5.74, 6) is 0.330. The molecule has 1 aromatic rings. The number of nitrogens with one attached hydrogen (secondary N) is 1. The lowest BCUT2D eigenvalue weighted by molar-refractivity contribution is -0.158. The highest BCUT2D eigenvalue weighted by molar-refractivity contribution is 5.73. The fourth-order valence-electron chi connectivity index (χ4n) is 3.09. The van der Waals surface area contributed by atoms with E-state index in [9.17, 15) is 9.90 Å². The molecule has 0 aromatic heterocycles. The predicted octanol–water partition coefficient (Wildman–Crippen LogP) is 0.519. The van der Waals surface area contributed by atoms with Gasteiger partial charge < -0.3 is 24.6 Å². The van der Waals surface area contributed by atoms with E-state index in [-0.39, 0.29) is 17.9 Å². The molecule has 2 aliphatic rings. The molecule has 0 aliphatic carbocycles. The van der Waals surface area contributed by atoms with Crippen LogP contribution in [0.4, 0.5) is 0 Å². The third kappa shape index (κ3) is 3.83. The Morgan fingerprint density at radius 1 is 1.39 bits per heavy atom. The van der Waals surface area contributed by atoms with E-state index in [1.807, 2.05) is 24.3 Å². The van der Waals surface area contributed by atoms with Crippen LogP contribution in [0.1, 0.15) is 12.0 Å². The number of benzene rings is 1. The van der Waals surface area contributed by atoms with Gasteiger partial charge in [0.05, 0.1) is 25.7 Å². The van der Waals surface area contributed by atoms with Crippen LogP contribution in [0.3, 0.4) is 0 Å². The summed E-state index contributed by atoms with van der Waals surface area (Å²) in [5, 5.41) is 13.4. The highest BCUT2D eigenvalue weighted by Crippen LogP contribution is 2.22. The molecule has 0 spiro atoms. The molecule has 4 atom stereocenters. The lowest BCUT2D eigenvalue weighted by Crippen LogP contribution is -2.40. The van der Waals surface area contributed by atoms with Crippen molar-refractivity contribution < 1.29 is 24.1 Å². The summed E-state index contributed by atoms with van der Waals surface area (Å²) in [7, 11) is 1.63. The number of methoxy groups -OCH3 is 1. The Morgan fingerprint density at radius 2 is 2.17 bits per heavy atom. The second-order valence-electron chi connectivity index (χ2n) is 6.10. The molecule has 0 bridgehead atoms. The third-order valence-electron chi connectivity index (χ3n) is 4.49. The van der Waals surface area contributed by atoms with Crippen LogP contribution >= 0.6 is 0 Å². The number of esters is 1. The highest BCUT2D eigenvalue weighted by Gasteiger charge is 2.39. The van der Waals surface area contributed by atoms with Crippen molar-refractivity contribution in [2.45, 2.75) is 31.1 Å². The van der Waals surface area contributed by atoms with Gasteiger partial charge in [-0.2, -0.15) is 0 Å². The number of hydrogen-bond donors (Lipinski definition) is 2. The van der Waals surface area contributed by atoms with Crippen LogP contribution < -0.4 is 10.1 Å². The molecule has 3 rings (SSSR count). The molecule has 2 saturated heterocycles. The summed E-state index contributed by atoms with van der Waals surface area (Å²) in [6.45, 7) is 1.44. The van der Waals surface area contributed by atoms with Gasteiger partial charge in [0.15, 0.2) is 0 Å². The molecule has 126 valence electrons. The fraction of sp³-hybridized carbons (Fsp3) is 0.588. The molecule has 2 aliphatic heterocycles. The van der Waals surface area contributed by atoms with Crippen molar-refractivity contribution in [1.29, 1.82) is 0 Å². The monoisotopic (exact) mass is 321 g/mol. The van der Waals surface area contributed by atoms with Crippen LogP contribution in [0, 0.1) is 5.92 Å². The lowest BCUT2D eigenvalue weighted by Gasteiger charge is -2.23. The van der Waals surface area contributed by atoms with E-state index < -0.39 is 12.2 Å². The Balaban J connectivity index is 1.61. The lowest BCUT2D eigenvalue weighted by atomic mass is 10.0. The molecular formula is C17H23NO5. The minimum absolute atomic E-state index is 0.0929. The van der Waals surface area contributed by atoms with E-state index in [0.717, 1.165) is 11.3 Å². The average Bonchev–Trinajstić information content (AvgIpc) is 3.21. The Bertz CT molecular complexity index is 526. The van der Waals surface area contributed by atoms with Gasteiger partial charge in [-0.25, -0.2) is 0 Å². The Hall–Kier alpha value is -1.63. The first-order valence-corrected chi connectivity index (χ1v) is 8.00. The summed E-state index contributed by atoms with van der Waals surface area (Å²) in [6, 6.07) is 7.67. The first-order valence-electron chi connectivity index (χ1n) is 8.00. The standard InChI is InChI=1S/C17H23NO5/c1-21-13-4-2-11(3-5-13)8-14-16(15(19)9-18-14)23-17(20)12-6-7-22-10-12/h2-5,12,14-16,18-19H,6-10H2,1H3/t12?,14-,15+,16+/m1/s1. The van der Waals surface area contributed by atoms with Gasteiger partial charge in [-0.1, -0.05) is 12.1 Å². The van der Waals surface area contributed by atoms with Crippen molar-refractivity contribution in [2.24, 2.45) is 5.92 Å². The normalized spacial score (nSPS) is 30.3. The van der Waals surface area contributed by atoms with Crippen molar-refractivity contribution in [3.05, 3.63) is 29.8 Å². The van der Waals surface area contributed by atoms with Gasteiger partial charge in [0.25, 0.3) is 0 Å². The number of ether oxygens (including phenoxy) is 3. The molecular weight excluding hydrogens is 298 g/mol. The van der Waals surface area contributed by atoms with Crippen LogP contribution in [-0.2, 0) is 20.7 Å². The molecule has 1 aromatic carbocycles. The number of rotatable bonds is 5. The maximum atomic E-state index is 12.2. The maximum absolute atomic E-state index is 12.2. The first kappa shape index (κ1) is 16.2. The zero-order valence-electron chi connectivity index (χ0n) is 13.2. The highest BCUT2D eigenvalue weighted by atomic mass is 16.6. The van der Waals surface area contributed by atoms with Gasteiger partial charge in [-0.15, -0.1) is 0 Å². The zero-order valence-corrected chi connectivity index (χ0v) is 13.2. The predicted molar refractivity (Wildman–Crippen MR) is 83.3 cm³/mol. The summed E-state index contributed by atoms with van der Waals surface area (Å²) in [6.07, 6.45) is 0.174. The summed E-state index contributed by atoms with van der Waals surface area (Å²) in [5.41, 5.74) is 1.10. The smallest absolute Gasteiger partial charge is 0.311 e. The fourth-order valence-corrected chi connectivity index (χ4v) is 3.09. The molecule has 2 N–H and O–H groups in total. The zero-order chi connectivity index (χ0) is 16.2. The Morgan fingerprint density at radius 3 is 2.83 bits per heavy atom. The van der Waals surface area contributed by atoms with Crippen molar-refractivity contribution >= 4 is 5.97 Å². The minimum Gasteiger partial charge on any atom is -0.497 e. The van der Waals surface area contributed by atoms with Crippen molar-refractivity contribution in [2.75, 3.05) is 26.9 Å². The van der Waals surface area contributed by atoms with Gasteiger partial charge >= 0.3 is 5.97 Å². The van der Waals surface area contributed by atoms with Gasteiger partial charge in [-0.3, -0.25) is 4.79 Å². The molecule has 0 saturated carbocycles. The Kier molecular flexibility index (Phi) is 5.15. The maximum Gasteiger partial charge on any atom is 0.311 e. The van der Waals surface area contributed by atoms with Crippen LogP contribution in [0.5, 0.6) is 5.75 Å². The van der Waals surface area contributed by atoms with E-state index in [0.29, 0.717) is 32.6 Å². The van der Waals surface area contributed by atoms with Crippen molar-refractivity contribution in [3.63, 3.8) is 0 Å². The number of β-amino-alcohol motifs (C(OH)–C–C–N with tert-alkyl or cyclic N) is 1. The number of hydrogen-bond acceptors (Lipinski definition) is 6. The van der Waals surface area contributed by atoms with Crippen molar-refractivity contribution in [3.8, 4) is 5.75 Å². The summed E-state index contributed by atoms with van der Waals surface area (Å²) in [4.78, 5) is 12.2. The molecule has 2 fully saturated rings. The van der Waals surface area contributed by atoms with E-state index in [4.69, 9.17) is 14.2 Å². The molecule has 6 heteroatoms. The second kappa shape index (κ2) is 7.29. The molecule has 0 radical (unpaired) electrons. The van der Waals surface area contributed by atoms with Gasteiger partial charge in [0.1, 0.15) is 18.0 Å². The SMILES string of the molecule is COc1ccc(C[C@H]2NC[C@H](O)[C@H]2OC(=O)C2CCOC2)cc1. The molecule has 1 unspecified atom stereocenters. The van der Waals surface area contributed by atoms with Gasteiger partial charge in [-0.05, 0) is 30.5 Å². The van der Waals surface area contributed by atoms with E-state index in [2.05, 4.69) is 5.32 Å². The largest absolute Gasteiger partial charge is 0.497 e. The Labute approximate surface area is 135 Å². The van der Waals surface area contributed by atoms with E-state index in [1.165, 1.54) is 0 Å². The van der Waals surface area contributed by atoms with Gasteiger partial charge in [0.2, 0.25) is 0 Å². The number of carbonyl (C=O) groups excluding carboxylic acids is 1. The van der Waals surface area contributed by atoms with Crippen LogP contribution in [-0.4, -0.2) is 56.2 Å². The first-order chi connectivity index (χ1) is 11.2. The number of carbonyl (C=O) groups is 1.